The molecule has 0 saturated heterocycles. The van der Waals surface area contributed by atoms with Crippen molar-refractivity contribution in [3.63, 3.8) is 0 Å². The lowest BCUT2D eigenvalue weighted by Crippen LogP contribution is -2.38. The van der Waals surface area contributed by atoms with Gasteiger partial charge < -0.3 is 15.8 Å². The Morgan fingerprint density at radius 2 is 2.26 bits per heavy atom. The fraction of sp³-hybridized carbons (Fsp3) is 0.333. The van der Waals surface area contributed by atoms with Crippen LogP contribution in [0.15, 0.2) is 22.0 Å². The van der Waals surface area contributed by atoms with Crippen LogP contribution in [-0.2, 0) is 6.42 Å². The van der Waals surface area contributed by atoms with Gasteiger partial charge in [0.1, 0.15) is 11.4 Å². The highest BCUT2D eigenvalue weighted by Gasteiger charge is 2.25. The summed E-state index contributed by atoms with van der Waals surface area (Å²) in [6.07, 6.45) is 1.90. The summed E-state index contributed by atoms with van der Waals surface area (Å²) in [6.45, 7) is 1.02. The molecule has 0 bridgehead atoms. The highest BCUT2D eigenvalue weighted by atomic mass is 32.2. The van der Waals surface area contributed by atoms with Gasteiger partial charge in [-0.25, -0.2) is 9.18 Å². The maximum atomic E-state index is 14.5. The Morgan fingerprint density at radius 3 is 2.91 bits per heavy atom. The van der Waals surface area contributed by atoms with Gasteiger partial charge in [-0.05, 0) is 18.1 Å². The van der Waals surface area contributed by atoms with Crippen LogP contribution in [-0.4, -0.2) is 41.6 Å². The van der Waals surface area contributed by atoms with Gasteiger partial charge in [0.15, 0.2) is 0 Å². The first kappa shape index (κ1) is 15.8. The number of hydrogen-bond acceptors (Lipinski definition) is 5. The fourth-order valence-corrected chi connectivity index (χ4v) is 3.74. The molecule has 1 aliphatic rings. The molecule has 1 aliphatic heterocycles. The van der Waals surface area contributed by atoms with E-state index in [1.165, 1.54) is 18.0 Å². The third-order valence-corrected chi connectivity index (χ3v) is 5.09. The number of nitrogens with zero attached hydrogens (tertiary/aromatic N) is 2. The van der Waals surface area contributed by atoms with E-state index in [2.05, 4.69) is 0 Å². The molecule has 0 aliphatic carbocycles. The summed E-state index contributed by atoms with van der Waals surface area (Å²) in [7, 11) is 1.80. The number of carbonyl (C=O) groups is 1. The zero-order valence-corrected chi connectivity index (χ0v) is 13.3. The molecule has 0 radical (unpaired) electrons. The number of pyridine rings is 1. The Balaban J connectivity index is 2.40. The second kappa shape index (κ2) is 5.86. The van der Waals surface area contributed by atoms with E-state index in [1.54, 1.807) is 11.7 Å². The van der Waals surface area contributed by atoms with Gasteiger partial charge in [-0.2, -0.15) is 0 Å². The topological polar surface area (TPSA) is 88.6 Å². The number of carboxylic acid groups (broad SMARTS) is 1. The minimum absolute atomic E-state index is 0.0982. The third-order valence-electron chi connectivity index (χ3n) is 3.92. The number of aromatic carboxylic acids is 1. The summed E-state index contributed by atoms with van der Waals surface area (Å²) < 4.78 is 16.1. The summed E-state index contributed by atoms with van der Waals surface area (Å²) >= 11 is 1.32. The molecule has 0 saturated carbocycles. The quantitative estimate of drug-likeness (QED) is 0.810. The number of halogens is 1. The first-order chi connectivity index (χ1) is 11.0. The summed E-state index contributed by atoms with van der Waals surface area (Å²) in [5.41, 5.74) is 5.80. The van der Waals surface area contributed by atoms with Gasteiger partial charge >= 0.3 is 5.97 Å². The molecule has 122 valence electrons. The molecule has 1 aromatic heterocycles. The first-order valence-corrected chi connectivity index (χ1v) is 8.12. The van der Waals surface area contributed by atoms with E-state index in [1.807, 2.05) is 5.01 Å². The van der Waals surface area contributed by atoms with Crippen LogP contribution in [0.2, 0.25) is 0 Å². The maximum Gasteiger partial charge on any atom is 0.341 e. The Labute approximate surface area is 135 Å². The predicted molar refractivity (Wildman–Crippen MR) is 87.6 cm³/mol. The van der Waals surface area contributed by atoms with Crippen LogP contribution in [0.25, 0.3) is 10.9 Å². The average molecular weight is 337 g/mol. The van der Waals surface area contributed by atoms with E-state index >= 15 is 0 Å². The molecule has 6 nitrogen and oxygen atoms in total. The average Bonchev–Trinajstić information content (AvgIpc) is 2.51. The molecular weight excluding hydrogens is 321 g/mol. The molecule has 0 unspecified atom stereocenters. The lowest BCUT2D eigenvalue weighted by molar-refractivity contribution is 0.0695. The second-order valence-electron chi connectivity index (χ2n) is 5.35. The number of benzene rings is 1. The van der Waals surface area contributed by atoms with Crippen LogP contribution in [0.5, 0.6) is 0 Å². The summed E-state index contributed by atoms with van der Waals surface area (Å²) in [5.74, 6) is -1.24. The summed E-state index contributed by atoms with van der Waals surface area (Å²) in [6, 6.07) is 1.14. The molecule has 0 atom stereocenters. The number of rotatable bonds is 4. The molecule has 1 aromatic carbocycles. The van der Waals surface area contributed by atoms with Crippen LogP contribution < -0.4 is 16.2 Å². The van der Waals surface area contributed by atoms with Crippen LogP contribution in [0.3, 0.4) is 0 Å². The van der Waals surface area contributed by atoms with Gasteiger partial charge in [-0.15, -0.1) is 11.8 Å². The molecule has 0 spiro atoms. The van der Waals surface area contributed by atoms with Crippen LogP contribution in [0.4, 0.5) is 4.39 Å². The number of thioether (sulfide) groups is 1. The van der Waals surface area contributed by atoms with Crippen molar-refractivity contribution in [1.29, 1.82) is 0 Å². The normalized spacial score (nSPS) is 13.6. The first-order valence-electron chi connectivity index (χ1n) is 7.14. The van der Waals surface area contributed by atoms with Crippen molar-refractivity contribution in [2.45, 2.75) is 11.3 Å². The van der Waals surface area contributed by atoms with Crippen molar-refractivity contribution in [3.8, 4) is 0 Å². The van der Waals surface area contributed by atoms with Crippen molar-refractivity contribution in [2.24, 2.45) is 5.73 Å². The van der Waals surface area contributed by atoms with Crippen molar-refractivity contribution < 1.29 is 14.3 Å². The van der Waals surface area contributed by atoms with Gasteiger partial charge in [0.2, 0.25) is 5.43 Å². The number of hydrogen-bond donors (Lipinski definition) is 2. The van der Waals surface area contributed by atoms with Gasteiger partial charge in [-0.1, -0.05) is 0 Å². The van der Waals surface area contributed by atoms with Gasteiger partial charge in [0.05, 0.1) is 10.9 Å². The van der Waals surface area contributed by atoms with Crippen LogP contribution in [0.1, 0.15) is 15.9 Å². The monoisotopic (exact) mass is 337 g/mol. The number of carboxylic acids is 1. The molecule has 0 amide bonds. The molecule has 3 N–H and O–H groups in total. The third kappa shape index (κ3) is 2.47. The number of aromatic nitrogens is 1. The van der Waals surface area contributed by atoms with Gasteiger partial charge in [0, 0.05) is 37.0 Å². The van der Waals surface area contributed by atoms with Crippen molar-refractivity contribution >= 4 is 28.6 Å². The smallest absolute Gasteiger partial charge is 0.341 e. The van der Waals surface area contributed by atoms with E-state index in [-0.39, 0.29) is 10.9 Å². The molecule has 8 heteroatoms. The lowest BCUT2D eigenvalue weighted by atomic mass is 10.0. The van der Waals surface area contributed by atoms with E-state index in [9.17, 15) is 19.1 Å². The fourth-order valence-electron chi connectivity index (χ4n) is 2.85. The Bertz CT molecular complexity index is 865. The van der Waals surface area contributed by atoms with Crippen molar-refractivity contribution in [1.82, 2.24) is 4.68 Å². The zero-order chi connectivity index (χ0) is 16.7. The van der Waals surface area contributed by atoms with E-state index in [0.717, 1.165) is 11.6 Å². The maximum absolute atomic E-state index is 14.5. The standard InChI is InChI=1S/C15H16FN3O3S/c1-18-4-2-8-12-9(6-11(16)14(8)23-5-3-17)13(20)10(15(21)22)7-19(12)18/h6-7H,2-5,17H2,1H3,(H,21,22). The molecule has 2 aromatic rings. The highest BCUT2D eigenvalue weighted by molar-refractivity contribution is 7.99. The minimum Gasteiger partial charge on any atom is -0.477 e. The van der Waals surface area contributed by atoms with Crippen LogP contribution >= 0.6 is 11.8 Å². The number of likely N-dealkylation sites (N-methyl/N-ethyl adjacent to an activating group) is 1. The summed E-state index contributed by atoms with van der Waals surface area (Å²) in [4.78, 5) is 24.2. The van der Waals surface area contributed by atoms with Gasteiger partial charge in [-0.3, -0.25) is 9.47 Å². The second-order valence-corrected chi connectivity index (χ2v) is 6.46. The number of nitrogens with two attached hydrogens (primary N) is 1. The largest absolute Gasteiger partial charge is 0.477 e. The SMILES string of the molecule is CN1CCc2c(SCCN)c(F)cc3c(=O)c(C(=O)O)cn1c23. The Morgan fingerprint density at radius 1 is 1.52 bits per heavy atom. The highest BCUT2D eigenvalue weighted by Crippen LogP contribution is 2.34. The molecular formula is C15H16FN3O3S. The minimum atomic E-state index is -1.32. The van der Waals surface area contributed by atoms with Crippen LogP contribution in [0, 0.1) is 5.82 Å². The molecule has 2 heterocycles. The van der Waals surface area contributed by atoms with E-state index in [4.69, 9.17) is 5.73 Å². The van der Waals surface area contributed by atoms with E-state index < -0.39 is 17.2 Å². The Kier molecular flexibility index (Phi) is 4.03. The van der Waals surface area contributed by atoms with Gasteiger partial charge in [0.25, 0.3) is 0 Å². The van der Waals surface area contributed by atoms with Crippen molar-refractivity contribution in [3.05, 3.63) is 39.4 Å². The molecule has 3 rings (SSSR count). The zero-order valence-electron chi connectivity index (χ0n) is 12.5. The summed E-state index contributed by atoms with van der Waals surface area (Å²) in [5, 5.41) is 11.1. The predicted octanol–water partition coefficient (Wildman–Crippen LogP) is 1.01. The molecule has 0 fully saturated rings. The van der Waals surface area contributed by atoms with E-state index in [0.29, 0.717) is 35.7 Å². The van der Waals surface area contributed by atoms with Crippen molar-refractivity contribution in [2.75, 3.05) is 30.9 Å². The Hall–Kier alpha value is -2.06. The lowest BCUT2D eigenvalue weighted by Gasteiger charge is -2.31. The molecule has 23 heavy (non-hydrogen) atoms.